The van der Waals surface area contributed by atoms with Crippen LogP contribution in [0.15, 0.2) is 30.3 Å². The van der Waals surface area contributed by atoms with Crippen LogP contribution in [0.3, 0.4) is 0 Å². The van der Waals surface area contributed by atoms with Gasteiger partial charge in [0.05, 0.1) is 26.5 Å². The summed E-state index contributed by atoms with van der Waals surface area (Å²) in [5.41, 5.74) is 1.63. The Morgan fingerprint density at radius 3 is 2.31 bits per heavy atom. The lowest BCUT2D eigenvalue weighted by molar-refractivity contribution is -0.142. The van der Waals surface area contributed by atoms with E-state index >= 15 is 0 Å². The van der Waals surface area contributed by atoms with E-state index in [0.29, 0.717) is 37.6 Å². The van der Waals surface area contributed by atoms with Gasteiger partial charge in [-0.25, -0.2) is 0 Å². The summed E-state index contributed by atoms with van der Waals surface area (Å²) in [5, 5.41) is 8.89. The molecule has 0 atom stereocenters. The van der Waals surface area contributed by atoms with Crippen molar-refractivity contribution < 1.29 is 19.1 Å². The van der Waals surface area contributed by atoms with E-state index in [1.807, 2.05) is 62.9 Å². The van der Waals surface area contributed by atoms with Gasteiger partial charge in [-0.15, -0.1) is 10.2 Å². The number of rotatable bonds is 9. The fourth-order valence-electron chi connectivity index (χ4n) is 4.31. The molecule has 0 N–H and O–H groups in total. The van der Waals surface area contributed by atoms with E-state index in [2.05, 4.69) is 15.1 Å². The van der Waals surface area contributed by atoms with Gasteiger partial charge in [0.15, 0.2) is 17.3 Å². The molecule has 0 spiro atoms. The molecule has 1 aromatic heterocycles. The Balaban J connectivity index is 1.63. The van der Waals surface area contributed by atoms with Crippen LogP contribution in [0.25, 0.3) is 11.3 Å². The lowest BCUT2D eigenvalue weighted by Gasteiger charge is -2.30. The van der Waals surface area contributed by atoms with Crippen LogP contribution in [-0.2, 0) is 9.59 Å². The summed E-state index contributed by atoms with van der Waals surface area (Å²) in [5.74, 6) is 2.38. The number of aromatic nitrogens is 2. The molecule has 0 radical (unpaired) electrons. The number of carbonyl (C=O) groups is 2. The highest BCUT2D eigenvalue weighted by molar-refractivity contribution is 5.85. The molecule has 36 heavy (non-hydrogen) atoms. The lowest BCUT2D eigenvalue weighted by atomic mass is 10.1. The van der Waals surface area contributed by atoms with Crippen molar-refractivity contribution in [3.05, 3.63) is 30.3 Å². The molecule has 2 amide bonds. The Morgan fingerprint density at radius 1 is 0.944 bits per heavy atom. The fraction of sp³-hybridized carbons (Fsp3) is 0.556. The Hall–Kier alpha value is -3.36. The van der Waals surface area contributed by atoms with Gasteiger partial charge in [-0.3, -0.25) is 9.59 Å². The first-order chi connectivity index (χ1) is 17.2. The molecule has 1 aliphatic rings. The average molecular weight is 498 g/mol. The highest BCUT2D eigenvalue weighted by atomic mass is 16.5. The van der Waals surface area contributed by atoms with Gasteiger partial charge in [-0.1, -0.05) is 13.8 Å². The molecule has 1 aliphatic heterocycles. The summed E-state index contributed by atoms with van der Waals surface area (Å²) >= 11 is 0. The third kappa shape index (κ3) is 6.86. The second-order valence-electron chi connectivity index (χ2n) is 9.78. The summed E-state index contributed by atoms with van der Waals surface area (Å²) < 4.78 is 10.7. The lowest BCUT2D eigenvalue weighted by Crippen LogP contribution is -2.47. The zero-order chi connectivity index (χ0) is 26.2. The zero-order valence-electron chi connectivity index (χ0n) is 22.4. The molecule has 2 heterocycles. The van der Waals surface area contributed by atoms with Crippen LogP contribution < -0.4 is 14.4 Å². The number of hydrogen-bond donors (Lipinski definition) is 0. The van der Waals surface area contributed by atoms with Crippen molar-refractivity contribution in [3.63, 3.8) is 0 Å². The summed E-state index contributed by atoms with van der Waals surface area (Å²) in [6, 6.07) is 9.54. The Morgan fingerprint density at radius 2 is 1.69 bits per heavy atom. The second kappa shape index (κ2) is 12.6. The van der Waals surface area contributed by atoms with Crippen molar-refractivity contribution in [2.75, 3.05) is 51.8 Å². The minimum Gasteiger partial charge on any atom is -0.493 e. The molecule has 0 unspecified atom stereocenters. The van der Waals surface area contributed by atoms with Crippen molar-refractivity contribution in [1.82, 2.24) is 20.0 Å². The normalized spacial score (nSPS) is 14.1. The first-order valence-corrected chi connectivity index (χ1v) is 12.6. The highest BCUT2D eigenvalue weighted by Crippen LogP contribution is 2.31. The number of ether oxygens (including phenoxy) is 2. The number of methoxy groups -OCH3 is 2. The van der Waals surface area contributed by atoms with E-state index < -0.39 is 0 Å². The molecule has 9 nitrogen and oxygen atoms in total. The van der Waals surface area contributed by atoms with Crippen LogP contribution in [0.2, 0.25) is 0 Å². The maximum Gasteiger partial charge on any atom is 0.242 e. The number of amides is 2. The van der Waals surface area contributed by atoms with Crippen molar-refractivity contribution in [2.24, 2.45) is 5.92 Å². The van der Waals surface area contributed by atoms with Crippen molar-refractivity contribution >= 4 is 17.6 Å². The van der Waals surface area contributed by atoms with Crippen molar-refractivity contribution in [2.45, 2.75) is 46.6 Å². The minimum atomic E-state index is -0.0110. The van der Waals surface area contributed by atoms with Gasteiger partial charge in [0.2, 0.25) is 11.8 Å². The largest absolute Gasteiger partial charge is 0.493 e. The van der Waals surface area contributed by atoms with Gasteiger partial charge >= 0.3 is 0 Å². The number of nitrogens with zero attached hydrogens (tertiary/aromatic N) is 5. The molecule has 1 fully saturated rings. The van der Waals surface area contributed by atoms with Crippen molar-refractivity contribution in [1.29, 1.82) is 0 Å². The predicted molar refractivity (Wildman–Crippen MR) is 140 cm³/mol. The van der Waals surface area contributed by atoms with E-state index in [1.165, 1.54) is 0 Å². The van der Waals surface area contributed by atoms with Gasteiger partial charge in [-0.2, -0.15) is 0 Å². The molecule has 196 valence electrons. The van der Waals surface area contributed by atoms with Crippen LogP contribution in [0.4, 0.5) is 5.82 Å². The van der Waals surface area contributed by atoms with Crippen LogP contribution in [0, 0.1) is 5.92 Å². The highest BCUT2D eigenvalue weighted by Gasteiger charge is 2.25. The summed E-state index contributed by atoms with van der Waals surface area (Å²) in [6.45, 7) is 10.8. The maximum atomic E-state index is 13.1. The molecular formula is C27H39N5O4. The molecule has 0 saturated carbocycles. The molecule has 3 rings (SSSR count). The molecule has 0 bridgehead atoms. The predicted octanol–water partition coefficient (Wildman–Crippen LogP) is 3.48. The first kappa shape index (κ1) is 27.2. The van der Waals surface area contributed by atoms with E-state index in [4.69, 9.17) is 9.47 Å². The molecule has 9 heteroatoms. The molecule has 0 aliphatic carbocycles. The van der Waals surface area contributed by atoms with E-state index in [9.17, 15) is 9.59 Å². The topological polar surface area (TPSA) is 88.1 Å². The zero-order valence-corrected chi connectivity index (χ0v) is 22.4. The van der Waals surface area contributed by atoms with Crippen molar-refractivity contribution in [3.8, 4) is 22.8 Å². The monoisotopic (exact) mass is 497 g/mol. The fourth-order valence-corrected chi connectivity index (χ4v) is 4.31. The SMILES string of the molecule is COc1ccc(-c2ccc(N3CCCN(C(=O)CN(C(=O)CC(C)C)C(C)C)CC3)nn2)cc1OC. The van der Waals surface area contributed by atoms with Crippen LogP contribution in [0.5, 0.6) is 11.5 Å². The molecule has 1 aromatic carbocycles. The Kier molecular flexibility index (Phi) is 9.50. The third-order valence-corrected chi connectivity index (χ3v) is 6.33. The van der Waals surface area contributed by atoms with E-state index in [1.54, 1.807) is 19.1 Å². The van der Waals surface area contributed by atoms with Gasteiger partial charge in [-0.05, 0) is 56.5 Å². The summed E-state index contributed by atoms with van der Waals surface area (Å²) in [4.78, 5) is 31.4. The molecule has 1 saturated heterocycles. The van der Waals surface area contributed by atoms with Crippen LogP contribution in [0.1, 0.15) is 40.5 Å². The standard InChI is InChI=1S/C27H39N5O4/c1-19(2)16-26(33)32(20(3)4)18-27(34)31-13-7-12-30(14-15-31)25-11-9-22(28-29-25)21-8-10-23(35-5)24(17-21)36-6/h8-11,17,19-20H,7,12-16,18H2,1-6H3. The van der Waals surface area contributed by atoms with Crippen LogP contribution >= 0.6 is 0 Å². The van der Waals surface area contributed by atoms with E-state index in [-0.39, 0.29) is 30.3 Å². The number of hydrogen-bond acceptors (Lipinski definition) is 7. The summed E-state index contributed by atoms with van der Waals surface area (Å²) in [6.07, 6.45) is 1.28. The quantitative estimate of drug-likeness (QED) is 0.524. The first-order valence-electron chi connectivity index (χ1n) is 12.6. The van der Waals surface area contributed by atoms with Gasteiger partial charge in [0.1, 0.15) is 0 Å². The smallest absolute Gasteiger partial charge is 0.242 e. The van der Waals surface area contributed by atoms with Gasteiger partial charge < -0.3 is 24.2 Å². The average Bonchev–Trinajstić information content (AvgIpc) is 3.12. The molecule has 2 aromatic rings. The summed E-state index contributed by atoms with van der Waals surface area (Å²) in [7, 11) is 3.21. The number of carbonyl (C=O) groups excluding carboxylic acids is 2. The van der Waals surface area contributed by atoms with E-state index in [0.717, 1.165) is 30.0 Å². The minimum absolute atomic E-state index is 0.00228. The Bertz CT molecular complexity index is 1030. The maximum absolute atomic E-state index is 13.1. The molecular weight excluding hydrogens is 458 g/mol. The Labute approximate surface area is 214 Å². The number of benzene rings is 1. The van der Waals surface area contributed by atoms with Gasteiger partial charge in [0, 0.05) is 44.2 Å². The van der Waals surface area contributed by atoms with Gasteiger partial charge in [0.25, 0.3) is 0 Å². The number of anilines is 1. The van der Waals surface area contributed by atoms with Crippen LogP contribution in [-0.4, -0.2) is 84.8 Å². The third-order valence-electron chi connectivity index (χ3n) is 6.33. The second-order valence-corrected chi connectivity index (χ2v) is 9.78.